The van der Waals surface area contributed by atoms with E-state index in [1.165, 1.54) is 4.90 Å². The van der Waals surface area contributed by atoms with Crippen LogP contribution in [0.4, 0.5) is 5.69 Å². The van der Waals surface area contributed by atoms with Crippen LogP contribution in [0.15, 0.2) is 79.9 Å². The Labute approximate surface area is 307 Å². The molecule has 3 heterocycles. The number of nitrogens with zero attached hydrogens (tertiary/aromatic N) is 3. The number of halogens is 2. The molecule has 2 bridgehead atoms. The van der Waals surface area contributed by atoms with Gasteiger partial charge in [-0.05, 0) is 62.4 Å². The van der Waals surface area contributed by atoms with Crippen molar-refractivity contribution in [3.63, 3.8) is 0 Å². The highest BCUT2D eigenvalue weighted by Gasteiger charge is 2.77. The number of likely N-dealkylation sites (tertiary alicyclic amines) is 1. The van der Waals surface area contributed by atoms with Gasteiger partial charge in [-0.3, -0.25) is 19.2 Å². The van der Waals surface area contributed by atoms with Crippen LogP contribution < -0.4 is 4.90 Å². The number of allylic oxidation sites excluding steroid dienone is 1. The summed E-state index contributed by atoms with van der Waals surface area (Å²) in [5, 5.41) is 10.1. The first-order valence-electron chi connectivity index (χ1n) is 17.0. The molecule has 8 atom stereocenters. The van der Waals surface area contributed by atoms with E-state index >= 15 is 0 Å². The summed E-state index contributed by atoms with van der Waals surface area (Å²) in [6.45, 7) is 9.68. The first-order valence-corrected chi connectivity index (χ1v) is 18.3. The van der Waals surface area contributed by atoms with Crippen LogP contribution in [0.25, 0.3) is 0 Å². The molecular formula is C38H45BrClN3O7. The fourth-order valence-corrected chi connectivity index (χ4v) is 8.73. The number of rotatable bonds is 16. The zero-order valence-corrected chi connectivity index (χ0v) is 30.8. The lowest BCUT2D eigenvalue weighted by Gasteiger charge is -2.37. The maximum absolute atomic E-state index is 14.7. The number of aliphatic hydroxyl groups is 1. The van der Waals surface area contributed by atoms with Gasteiger partial charge in [-0.15, -0.1) is 13.2 Å². The van der Waals surface area contributed by atoms with Gasteiger partial charge < -0.3 is 29.3 Å². The summed E-state index contributed by atoms with van der Waals surface area (Å²) in [4.78, 5) is 61.1. The minimum absolute atomic E-state index is 0.0663. The van der Waals surface area contributed by atoms with Crippen LogP contribution in [-0.4, -0.2) is 94.0 Å². The highest BCUT2D eigenvalue weighted by Crippen LogP contribution is 2.60. The first-order chi connectivity index (χ1) is 24.0. The zero-order valence-electron chi connectivity index (χ0n) is 28.5. The van der Waals surface area contributed by atoms with Crippen LogP contribution in [0, 0.1) is 11.8 Å². The zero-order chi connectivity index (χ0) is 36.2. The number of hydrogen-bond donors (Lipinski definition) is 1. The maximum atomic E-state index is 14.7. The normalized spacial score (nSPS) is 26.2. The van der Waals surface area contributed by atoms with Crippen molar-refractivity contribution in [3.05, 3.63) is 90.5 Å². The lowest BCUT2D eigenvalue weighted by molar-refractivity contribution is -0.164. The Kier molecular flexibility index (Phi) is 12.2. The quantitative estimate of drug-likeness (QED) is 0.104. The number of unbranched alkanes of at least 4 members (excludes halogenated alkanes) is 1. The average Bonchev–Trinajstić information content (AvgIpc) is 3.71. The average molecular weight is 771 g/mol. The van der Waals surface area contributed by atoms with Crippen molar-refractivity contribution in [2.45, 2.75) is 73.7 Å². The predicted octanol–water partition coefficient (Wildman–Crippen LogP) is 5.48. The lowest BCUT2D eigenvalue weighted by atomic mass is 9.70. The van der Waals surface area contributed by atoms with Gasteiger partial charge in [0.15, 0.2) is 0 Å². The van der Waals surface area contributed by atoms with Gasteiger partial charge in [0.2, 0.25) is 11.8 Å². The Morgan fingerprint density at radius 2 is 1.84 bits per heavy atom. The van der Waals surface area contributed by atoms with Gasteiger partial charge in [0, 0.05) is 48.7 Å². The van der Waals surface area contributed by atoms with Crippen LogP contribution in [0.1, 0.15) is 50.7 Å². The van der Waals surface area contributed by atoms with Crippen molar-refractivity contribution >= 4 is 56.9 Å². The number of likely N-dealkylation sites (N-methyl/N-ethyl adjacent to an activating group) is 1. The maximum Gasteiger partial charge on any atom is 0.313 e. The van der Waals surface area contributed by atoms with Gasteiger partial charge in [0.05, 0.1) is 24.0 Å². The molecule has 10 nitrogen and oxygen atoms in total. The summed E-state index contributed by atoms with van der Waals surface area (Å²) in [6.07, 6.45) is 3.72. The van der Waals surface area contributed by atoms with Gasteiger partial charge in [-0.2, -0.15) is 0 Å². The second-order valence-corrected chi connectivity index (χ2v) is 14.8. The molecule has 3 aliphatic heterocycles. The molecule has 0 aliphatic carbocycles. The number of amides is 3. The molecule has 0 saturated carbocycles. The standard InChI is InChI=1S/C38H45BrClN3O7/c1-5-7-15-29(45)41(4)24(3)32(25-13-9-8-10-14-25)49-37(48)30-31-35(46)43(21-11-12-22-44)34(38(31)23-28(39)33(30)50-38)36(47)42(20-6-2)27-18-16-26(40)17-19-27/h5-6,8-10,13-14,16-19,24,28,30-34,44H,1-2,7,11-12,15,20-23H2,3-4H3/t24-,28?,30-,31+,32+,33-,34-,38+/m1/s1. The molecular weight excluding hydrogens is 726 g/mol. The third-order valence-corrected chi connectivity index (χ3v) is 11.3. The molecule has 12 heteroatoms. The summed E-state index contributed by atoms with van der Waals surface area (Å²) in [5.41, 5.74) is -0.0369. The number of aliphatic hydroxyl groups excluding tert-OH is 1. The second kappa shape index (κ2) is 16.2. The summed E-state index contributed by atoms with van der Waals surface area (Å²) in [6, 6.07) is 14.5. The van der Waals surface area contributed by atoms with Gasteiger partial charge in [-0.25, -0.2) is 0 Å². The molecule has 268 valence electrons. The molecule has 2 aromatic carbocycles. The summed E-state index contributed by atoms with van der Waals surface area (Å²) in [7, 11) is 1.68. The Morgan fingerprint density at radius 1 is 1.14 bits per heavy atom. The van der Waals surface area contributed by atoms with Gasteiger partial charge in [0.25, 0.3) is 5.91 Å². The predicted molar refractivity (Wildman–Crippen MR) is 195 cm³/mol. The molecule has 1 spiro atoms. The molecule has 1 unspecified atom stereocenters. The molecule has 0 radical (unpaired) electrons. The van der Waals surface area contributed by atoms with Crippen molar-refractivity contribution in [1.29, 1.82) is 0 Å². The Morgan fingerprint density at radius 3 is 2.48 bits per heavy atom. The summed E-state index contributed by atoms with van der Waals surface area (Å²) in [5.74, 6) is -3.46. The number of alkyl halides is 1. The number of carbonyl (C=O) groups excluding carboxylic acids is 4. The van der Waals surface area contributed by atoms with E-state index in [4.69, 9.17) is 21.1 Å². The second-order valence-electron chi connectivity index (χ2n) is 13.2. The van der Waals surface area contributed by atoms with Crippen LogP contribution in [0.5, 0.6) is 0 Å². The van der Waals surface area contributed by atoms with E-state index in [0.717, 1.165) is 0 Å². The first kappa shape index (κ1) is 37.7. The van der Waals surface area contributed by atoms with Crippen LogP contribution in [0.2, 0.25) is 5.02 Å². The molecule has 3 fully saturated rings. The molecule has 2 aromatic rings. The Balaban J connectivity index is 1.51. The number of fused-ring (bicyclic) bond motifs is 1. The monoisotopic (exact) mass is 769 g/mol. The van der Waals surface area contributed by atoms with Gasteiger partial charge in [-0.1, -0.05) is 70.0 Å². The van der Waals surface area contributed by atoms with E-state index in [9.17, 15) is 24.3 Å². The van der Waals surface area contributed by atoms with Crippen molar-refractivity contribution in [1.82, 2.24) is 9.80 Å². The van der Waals surface area contributed by atoms with Crippen LogP contribution in [-0.2, 0) is 28.7 Å². The fraction of sp³-hybridized carbons (Fsp3) is 0.474. The Bertz CT molecular complexity index is 1580. The van der Waals surface area contributed by atoms with E-state index in [-0.39, 0.29) is 48.7 Å². The number of benzene rings is 2. The summed E-state index contributed by atoms with van der Waals surface area (Å²) >= 11 is 9.89. The van der Waals surface area contributed by atoms with E-state index in [1.807, 2.05) is 37.3 Å². The molecule has 50 heavy (non-hydrogen) atoms. The topological polar surface area (TPSA) is 117 Å². The van der Waals surface area contributed by atoms with E-state index in [1.54, 1.807) is 53.3 Å². The molecule has 1 N–H and O–H groups in total. The number of anilines is 1. The van der Waals surface area contributed by atoms with E-state index in [2.05, 4.69) is 29.1 Å². The molecule has 3 amide bonds. The third kappa shape index (κ3) is 7.15. The molecule has 3 aliphatic rings. The van der Waals surface area contributed by atoms with Gasteiger partial charge in [0.1, 0.15) is 17.7 Å². The molecule has 5 rings (SSSR count). The van der Waals surface area contributed by atoms with Crippen LogP contribution in [0.3, 0.4) is 0 Å². The minimum atomic E-state index is -1.31. The van der Waals surface area contributed by atoms with E-state index in [0.29, 0.717) is 42.0 Å². The smallest absolute Gasteiger partial charge is 0.313 e. The molecule has 0 aromatic heterocycles. The largest absolute Gasteiger partial charge is 0.455 e. The van der Waals surface area contributed by atoms with Crippen molar-refractivity contribution in [2.24, 2.45) is 11.8 Å². The van der Waals surface area contributed by atoms with Gasteiger partial charge >= 0.3 is 5.97 Å². The molecule has 3 saturated heterocycles. The van der Waals surface area contributed by atoms with E-state index < -0.39 is 47.7 Å². The number of carbonyl (C=O) groups is 4. The Hall–Kier alpha value is -3.51. The highest BCUT2D eigenvalue weighted by atomic mass is 79.9. The minimum Gasteiger partial charge on any atom is -0.455 e. The summed E-state index contributed by atoms with van der Waals surface area (Å²) < 4.78 is 13.0. The van der Waals surface area contributed by atoms with Crippen molar-refractivity contribution in [2.75, 3.05) is 31.6 Å². The number of esters is 1. The number of hydrogen-bond acceptors (Lipinski definition) is 7. The highest BCUT2D eigenvalue weighted by molar-refractivity contribution is 9.09. The van der Waals surface area contributed by atoms with Crippen molar-refractivity contribution in [3.8, 4) is 0 Å². The fourth-order valence-electron chi connectivity index (χ4n) is 7.66. The lowest BCUT2D eigenvalue weighted by Crippen LogP contribution is -2.57. The van der Waals surface area contributed by atoms with Crippen molar-refractivity contribution < 1.29 is 33.8 Å². The third-order valence-electron chi connectivity index (χ3n) is 10.2. The number of ether oxygens (including phenoxy) is 2. The SMILES string of the molecule is C=CCCC(=O)N(C)[C@H](C)[C@H](OC(=O)[C@H]1[C@@H]2O[C@@]3(CC2Br)[C@@H]1C(=O)N(CCCCO)[C@@H]3C(=O)N(CC=C)c1ccc(Cl)cc1)c1ccccc1. The van der Waals surface area contributed by atoms with Crippen LogP contribution >= 0.6 is 27.5 Å².